The van der Waals surface area contributed by atoms with Crippen LogP contribution in [0, 0.1) is 29.1 Å². The lowest BCUT2D eigenvalue weighted by Gasteiger charge is -2.14. The minimum absolute atomic E-state index is 0.0979. The second-order valence-electron chi connectivity index (χ2n) is 4.39. The van der Waals surface area contributed by atoms with Gasteiger partial charge in [0, 0.05) is 18.0 Å². The van der Waals surface area contributed by atoms with E-state index in [9.17, 15) is 26.2 Å². The van der Waals surface area contributed by atoms with Crippen LogP contribution >= 0.6 is 0 Å². The van der Waals surface area contributed by atoms with E-state index in [1.807, 2.05) is 0 Å². The van der Waals surface area contributed by atoms with Gasteiger partial charge in [-0.2, -0.15) is 0 Å². The molecular formula is C14H10F5NO2S. The Labute approximate surface area is 130 Å². The summed E-state index contributed by atoms with van der Waals surface area (Å²) in [5.41, 5.74) is -0.967. The first-order chi connectivity index (χ1) is 10.8. The molecule has 2 aromatic rings. The summed E-state index contributed by atoms with van der Waals surface area (Å²) in [6.45, 7) is 0. The molecule has 2 rings (SSSR count). The first kappa shape index (κ1) is 17.2. The highest BCUT2D eigenvalue weighted by molar-refractivity contribution is 7.84. The van der Waals surface area contributed by atoms with Gasteiger partial charge in [-0.3, -0.25) is 4.21 Å². The van der Waals surface area contributed by atoms with Crippen LogP contribution in [0.5, 0.6) is 5.75 Å². The molecule has 0 aliphatic rings. The SMILES string of the molecule is COc1ccc(Nc2c(F)c(F)c(F)c(F)c2[S@](C)=O)cc1F. The number of halogens is 5. The molecule has 0 aromatic heterocycles. The molecule has 9 heteroatoms. The second-order valence-corrected chi connectivity index (χ2v) is 5.70. The summed E-state index contributed by atoms with van der Waals surface area (Å²) in [7, 11) is -0.938. The molecule has 23 heavy (non-hydrogen) atoms. The molecule has 0 fully saturated rings. The molecule has 0 aliphatic heterocycles. The molecule has 1 atom stereocenters. The van der Waals surface area contributed by atoms with Gasteiger partial charge in [-0.1, -0.05) is 0 Å². The number of anilines is 2. The van der Waals surface area contributed by atoms with E-state index < -0.39 is 50.5 Å². The first-order valence-electron chi connectivity index (χ1n) is 6.07. The highest BCUT2D eigenvalue weighted by Gasteiger charge is 2.27. The van der Waals surface area contributed by atoms with Crippen LogP contribution in [0.1, 0.15) is 0 Å². The van der Waals surface area contributed by atoms with Gasteiger partial charge >= 0.3 is 0 Å². The van der Waals surface area contributed by atoms with Gasteiger partial charge in [-0.15, -0.1) is 0 Å². The Balaban J connectivity index is 2.59. The number of methoxy groups -OCH3 is 1. The summed E-state index contributed by atoms with van der Waals surface area (Å²) >= 11 is 0. The van der Waals surface area contributed by atoms with Crippen LogP contribution < -0.4 is 10.1 Å². The van der Waals surface area contributed by atoms with Gasteiger partial charge in [0.1, 0.15) is 4.90 Å². The van der Waals surface area contributed by atoms with Crippen molar-refractivity contribution in [2.75, 3.05) is 18.7 Å². The largest absolute Gasteiger partial charge is 0.494 e. The molecule has 0 saturated heterocycles. The van der Waals surface area contributed by atoms with Crippen molar-refractivity contribution in [1.82, 2.24) is 0 Å². The number of hydrogen-bond donors (Lipinski definition) is 1. The van der Waals surface area contributed by atoms with E-state index in [1.165, 1.54) is 19.2 Å². The lowest BCUT2D eigenvalue weighted by molar-refractivity contribution is 0.386. The van der Waals surface area contributed by atoms with Crippen molar-refractivity contribution in [3.8, 4) is 5.75 Å². The van der Waals surface area contributed by atoms with Crippen LogP contribution in [0.3, 0.4) is 0 Å². The normalized spacial score (nSPS) is 12.1. The molecule has 3 nitrogen and oxygen atoms in total. The first-order valence-corrected chi connectivity index (χ1v) is 7.63. The van der Waals surface area contributed by atoms with E-state index in [1.54, 1.807) is 0 Å². The smallest absolute Gasteiger partial charge is 0.199 e. The minimum Gasteiger partial charge on any atom is -0.494 e. The zero-order valence-corrected chi connectivity index (χ0v) is 12.7. The number of nitrogens with one attached hydrogen (secondary N) is 1. The zero-order chi connectivity index (χ0) is 17.3. The number of rotatable bonds is 4. The fraction of sp³-hybridized carbons (Fsp3) is 0.143. The quantitative estimate of drug-likeness (QED) is 0.516. The van der Waals surface area contributed by atoms with Crippen molar-refractivity contribution in [2.45, 2.75) is 4.90 Å². The molecule has 0 bridgehead atoms. The molecule has 0 radical (unpaired) electrons. The van der Waals surface area contributed by atoms with Crippen molar-refractivity contribution in [3.63, 3.8) is 0 Å². The van der Waals surface area contributed by atoms with Gasteiger partial charge in [0.15, 0.2) is 34.8 Å². The molecule has 0 amide bonds. The van der Waals surface area contributed by atoms with Crippen molar-refractivity contribution in [2.24, 2.45) is 0 Å². The predicted octanol–water partition coefficient (Wildman–Crippen LogP) is 3.87. The summed E-state index contributed by atoms with van der Waals surface area (Å²) in [6, 6.07) is 3.30. The third-order valence-electron chi connectivity index (χ3n) is 2.93. The zero-order valence-electron chi connectivity index (χ0n) is 11.8. The maximum absolute atomic E-state index is 13.9. The Hall–Kier alpha value is -2.16. The second kappa shape index (κ2) is 6.53. The van der Waals surface area contributed by atoms with E-state index >= 15 is 0 Å². The average molecular weight is 351 g/mol. The predicted molar refractivity (Wildman–Crippen MR) is 74.8 cm³/mol. The summed E-state index contributed by atoms with van der Waals surface area (Å²) in [4.78, 5) is -0.891. The van der Waals surface area contributed by atoms with Gasteiger partial charge in [0.05, 0.1) is 23.6 Å². The Morgan fingerprint density at radius 2 is 1.61 bits per heavy atom. The Morgan fingerprint density at radius 1 is 1.00 bits per heavy atom. The molecule has 2 aromatic carbocycles. The van der Waals surface area contributed by atoms with Crippen LogP contribution in [0.4, 0.5) is 33.3 Å². The number of ether oxygens (including phenoxy) is 1. The molecule has 0 aliphatic carbocycles. The van der Waals surface area contributed by atoms with Crippen molar-refractivity contribution >= 4 is 22.2 Å². The number of benzene rings is 2. The Morgan fingerprint density at radius 3 is 2.13 bits per heavy atom. The lowest BCUT2D eigenvalue weighted by Crippen LogP contribution is -2.09. The van der Waals surface area contributed by atoms with Gasteiger partial charge in [0.25, 0.3) is 0 Å². The van der Waals surface area contributed by atoms with Crippen LogP contribution in [0.2, 0.25) is 0 Å². The number of hydrogen-bond acceptors (Lipinski definition) is 3. The molecule has 1 N–H and O–H groups in total. The van der Waals surface area contributed by atoms with Crippen molar-refractivity contribution < 1.29 is 30.9 Å². The summed E-state index contributed by atoms with van der Waals surface area (Å²) in [5.74, 6) is -8.59. The summed E-state index contributed by atoms with van der Waals surface area (Å²) in [5, 5.41) is 2.21. The van der Waals surface area contributed by atoms with Gasteiger partial charge in [-0.05, 0) is 12.1 Å². The molecule has 0 saturated carbocycles. The van der Waals surface area contributed by atoms with E-state index in [2.05, 4.69) is 5.32 Å². The van der Waals surface area contributed by atoms with Gasteiger partial charge in [0.2, 0.25) is 0 Å². The van der Waals surface area contributed by atoms with Crippen LogP contribution in [-0.4, -0.2) is 17.6 Å². The molecule has 0 unspecified atom stereocenters. The standard InChI is InChI=1S/C14H10F5NO2S/c1-22-8-4-3-6(5-7(8)15)20-13-11(18)9(16)10(17)12(19)14(13)23(2)21/h3-5,20H,1-2H3/t23-/m0/s1. The fourth-order valence-corrected chi connectivity index (χ4v) is 2.65. The molecule has 124 valence electrons. The third kappa shape index (κ3) is 3.14. The fourth-order valence-electron chi connectivity index (χ4n) is 1.88. The van der Waals surface area contributed by atoms with E-state index in [4.69, 9.17) is 4.74 Å². The maximum atomic E-state index is 13.9. The molecule has 0 heterocycles. The topological polar surface area (TPSA) is 38.3 Å². The average Bonchev–Trinajstić information content (AvgIpc) is 2.50. The van der Waals surface area contributed by atoms with E-state index in [-0.39, 0.29) is 11.4 Å². The highest BCUT2D eigenvalue weighted by Crippen LogP contribution is 2.33. The third-order valence-corrected chi connectivity index (χ3v) is 3.89. The molecule has 0 spiro atoms. The highest BCUT2D eigenvalue weighted by atomic mass is 32.2. The lowest BCUT2D eigenvalue weighted by atomic mass is 10.2. The van der Waals surface area contributed by atoms with Crippen LogP contribution in [0.25, 0.3) is 0 Å². The minimum atomic E-state index is -2.17. The maximum Gasteiger partial charge on any atom is 0.199 e. The molecular weight excluding hydrogens is 341 g/mol. The summed E-state index contributed by atoms with van der Waals surface area (Å²) in [6.07, 6.45) is 0.967. The van der Waals surface area contributed by atoms with Crippen molar-refractivity contribution in [3.05, 3.63) is 47.3 Å². The monoisotopic (exact) mass is 351 g/mol. The Bertz CT molecular complexity index is 797. The Kier molecular flexibility index (Phi) is 4.88. The van der Waals surface area contributed by atoms with Crippen molar-refractivity contribution in [1.29, 1.82) is 0 Å². The van der Waals surface area contributed by atoms with Crippen LogP contribution in [0.15, 0.2) is 23.1 Å². The summed E-state index contributed by atoms with van der Waals surface area (Å²) < 4.78 is 84.1. The van der Waals surface area contributed by atoms with E-state index in [0.29, 0.717) is 0 Å². The van der Waals surface area contributed by atoms with Gasteiger partial charge in [-0.25, -0.2) is 22.0 Å². The van der Waals surface area contributed by atoms with E-state index in [0.717, 1.165) is 12.3 Å². The van der Waals surface area contributed by atoms with Crippen LogP contribution in [-0.2, 0) is 10.8 Å². The van der Waals surface area contributed by atoms with Gasteiger partial charge < -0.3 is 10.1 Å².